The highest BCUT2D eigenvalue weighted by Crippen LogP contribution is 2.39. The van der Waals surface area contributed by atoms with Gasteiger partial charge in [0, 0.05) is 12.6 Å². The Balaban J connectivity index is 2.48. The van der Waals surface area contributed by atoms with E-state index in [4.69, 9.17) is 16.2 Å². The van der Waals surface area contributed by atoms with Crippen LogP contribution in [0.2, 0.25) is 0 Å². The van der Waals surface area contributed by atoms with E-state index >= 15 is 0 Å². The summed E-state index contributed by atoms with van der Waals surface area (Å²) in [5, 5.41) is 3.80. The second-order valence-corrected chi connectivity index (χ2v) is 4.24. The minimum atomic E-state index is -4.72. The van der Waals surface area contributed by atoms with Crippen LogP contribution < -0.4 is 16.2 Å². The van der Waals surface area contributed by atoms with Gasteiger partial charge < -0.3 is 16.2 Å². The van der Waals surface area contributed by atoms with Crippen LogP contribution in [-0.2, 0) is 13.2 Å². The van der Waals surface area contributed by atoms with E-state index in [0.717, 1.165) is 12.1 Å². The molecule has 0 saturated heterocycles. The molecule has 21 heavy (non-hydrogen) atoms. The number of hydrogen-bond acceptors (Lipinski definition) is 4. The van der Waals surface area contributed by atoms with E-state index in [1.165, 1.54) is 10.9 Å². The number of carbonyl (C=O) groups is 1. The number of nitrogen functional groups attached to an aromatic ring is 1. The molecule has 0 aliphatic rings. The fourth-order valence-electron chi connectivity index (χ4n) is 1.66. The van der Waals surface area contributed by atoms with E-state index in [1.807, 2.05) is 0 Å². The molecular weight excluding hydrogens is 289 g/mol. The van der Waals surface area contributed by atoms with Crippen molar-refractivity contribution in [2.75, 3.05) is 5.73 Å². The summed E-state index contributed by atoms with van der Waals surface area (Å²) in [4.78, 5) is 11.0. The highest BCUT2D eigenvalue weighted by molar-refractivity contribution is 5.93. The maximum Gasteiger partial charge on any atom is 0.420 e. The Hall–Kier alpha value is -2.71. The fraction of sp³-hybridized carbons (Fsp3) is 0.167. The van der Waals surface area contributed by atoms with Crippen LogP contribution in [0.1, 0.15) is 15.9 Å². The van der Waals surface area contributed by atoms with E-state index in [0.29, 0.717) is 6.07 Å². The smallest absolute Gasteiger partial charge is 0.420 e. The SMILES string of the molecule is Cn1cc(N)c(Oc2ccc(C(N)=O)cc2C(F)(F)F)n1. The number of alkyl halides is 3. The number of rotatable bonds is 3. The van der Waals surface area contributed by atoms with Crippen LogP contribution in [0.25, 0.3) is 0 Å². The van der Waals surface area contributed by atoms with Gasteiger partial charge in [0.1, 0.15) is 11.4 Å². The Morgan fingerprint density at radius 3 is 2.52 bits per heavy atom. The number of carbonyl (C=O) groups excluding carboxylic acids is 1. The number of anilines is 1. The zero-order valence-corrected chi connectivity index (χ0v) is 10.8. The van der Waals surface area contributed by atoms with Gasteiger partial charge in [-0.1, -0.05) is 0 Å². The molecule has 0 spiro atoms. The van der Waals surface area contributed by atoms with Crippen molar-refractivity contribution in [3.63, 3.8) is 0 Å². The molecule has 0 fully saturated rings. The number of amides is 1. The summed E-state index contributed by atoms with van der Waals surface area (Å²) in [7, 11) is 1.55. The predicted molar refractivity (Wildman–Crippen MR) is 67.7 cm³/mol. The summed E-state index contributed by atoms with van der Waals surface area (Å²) >= 11 is 0. The van der Waals surface area contributed by atoms with Crippen molar-refractivity contribution < 1.29 is 22.7 Å². The van der Waals surface area contributed by atoms with Crippen molar-refractivity contribution in [3.05, 3.63) is 35.5 Å². The fourth-order valence-corrected chi connectivity index (χ4v) is 1.66. The van der Waals surface area contributed by atoms with Gasteiger partial charge in [-0.15, -0.1) is 5.10 Å². The van der Waals surface area contributed by atoms with Gasteiger partial charge in [0.05, 0.1) is 11.8 Å². The van der Waals surface area contributed by atoms with Crippen molar-refractivity contribution in [1.82, 2.24) is 9.78 Å². The average Bonchev–Trinajstić information content (AvgIpc) is 2.66. The summed E-state index contributed by atoms with van der Waals surface area (Å²) in [5.74, 6) is -1.64. The molecule has 9 heteroatoms. The molecule has 1 amide bonds. The van der Waals surface area contributed by atoms with E-state index < -0.39 is 23.4 Å². The zero-order valence-electron chi connectivity index (χ0n) is 10.8. The molecule has 6 nitrogen and oxygen atoms in total. The zero-order chi connectivity index (χ0) is 15.8. The third-order valence-corrected chi connectivity index (χ3v) is 2.60. The molecule has 1 aromatic heterocycles. The third-order valence-electron chi connectivity index (χ3n) is 2.60. The number of aromatic nitrogens is 2. The Morgan fingerprint density at radius 1 is 1.38 bits per heavy atom. The van der Waals surface area contributed by atoms with Crippen LogP contribution in [0.15, 0.2) is 24.4 Å². The summed E-state index contributed by atoms with van der Waals surface area (Å²) in [6, 6.07) is 2.75. The highest BCUT2D eigenvalue weighted by Gasteiger charge is 2.35. The Morgan fingerprint density at radius 2 is 2.05 bits per heavy atom. The lowest BCUT2D eigenvalue weighted by Crippen LogP contribution is -2.14. The number of nitrogens with zero attached hydrogens (tertiary/aromatic N) is 2. The molecule has 0 aliphatic carbocycles. The molecule has 0 atom stereocenters. The van der Waals surface area contributed by atoms with E-state index in [-0.39, 0.29) is 17.1 Å². The number of benzene rings is 1. The standard InChI is InChI=1S/C12H11F3N4O2/c1-19-5-8(16)11(18-19)21-9-3-2-6(10(17)20)4-7(9)12(13,14)15/h2-5H,16H2,1H3,(H2,17,20). The number of primary amides is 1. The van der Waals surface area contributed by atoms with Crippen molar-refractivity contribution in [1.29, 1.82) is 0 Å². The average molecular weight is 300 g/mol. The van der Waals surface area contributed by atoms with Gasteiger partial charge in [0.15, 0.2) is 0 Å². The number of halogens is 3. The largest absolute Gasteiger partial charge is 0.435 e. The van der Waals surface area contributed by atoms with Crippen molar-refractivity contribution in [2.24, 2.45) is 12.8 Å². The summed E-state index contributed by atoms with van der Waals surface area (Å²) in [5.41, 5.74) is 9.21. The van der Waals surface area contributed by atoms with Crippen molar-refractivity contribution in [3.8, 4) is 11.6 Å². The second kappa shape index (κ2) is 5.00. The first-order valence-electron chi connectivity index (χ1n) is 5.66. The molecule has 0 unspecified atom stereocenters. The molecule has 0 saturated carbocycles. The number of hydrogen-bond donors (Lipinski definition) is 2. The highest BCUT2D eigenvalue weighted by atomic mass is 19.4. The first-order valence-corrected chi connectivity index (χ1v) is 5.66. The number of ether oxygens (including phenoxy) is 1. The van der Waals surface area contributed by atoms with Gasteiger partial charge in [-0.2, -0.15) is 13.2 Å². The summed E-state index contributed by atoms with van der Waals surface area (Å²) in [6.45, 7) is 0. The van der Waals surface area contributed by atoms with Gasteiger partial charge in [0.2, 0.25) is 5.91 Å². The van der Waals surface area contributed by atoms with Gasteiger partial charge in [-0.25, -0.2) is 0 Å². The molecule has 2 aromatic rings. The molecule has 112 valence electrons. The minimum Gasteiger partial charge on any atom is -0.435 e. The van der Waals surface area contributed by atoms with Crippen LogP contribution in [0.3, 0.4) is 0 Å². The second-order valence-electron chi connectivity index (χ2n) is 4.24. The summed E-state index contributed by atoms with van der Waals surface area (Å²) < 4.78 is 45.4. The maximum atomic E-state index is 13.0. The Kier molecular flexibility index (Phi) is 3.50. The lowest BCUT2D eigenvalue weighted by Gasteiger charge is -2.13. The minimum absolute atomic E-state index is 0.0876. The van der Waals surface area contributed by atoms with E-state index in [2.05, 4.69) is 5.10 Å². The number of nitrogens with two attached hydrogens (primary N) is 2. The molecule has 2 rings (SSSR count). The van der Waals surface area contributed by atoms with Crippen molar-refractivity contribution >= 4 is 11.6 Å². The van der Waals surface area contributed by atoms with Crippen LogP contribution in [0.5, 0.6) is 11.6 Å². The normalized spacial score (nSPS) is 11.4. The van der Waals surface area contributed by atoms with Crippen molar-refractivity contribution in [2.45, 2.75) is 6.18 Å². The molecular formula is C12H11F3N4O2. The lowest BCUT2D eigenvalue weighted by molar-refractivity contribution is -0.138. The van der Waals surface area contributed by atoms with Crippen LogP contribution in [0, 0.1) is 0 Å². The molecule has 0 bridgehead atoms. The quantitative estimate of drug-likeness (QED) is 0.905. The van der Waals surface area contributed by atoms with Crippen LogP contribution in [0.4, 0.5) is 18.9 Å². The molecule has 0 radical (unpaired) electrons. The molecule has 1 heterocycles. The molecule has 4 N–H and O–H groups in total. The first-order chi connectivity index (χ1) is 9.68. The Labute approximate surface area is 117 Å². The van der Waals surface area contributed by atoms with E-state index in [9.17, 15) is 18.0 Å². The third kappa shape index (κ3) is 3.07. The Bertz CT molecular complexity index is 694. The lowest BCUT2D eigenvalue weighted by atomic mass is 10.1. The molecule has 1 aromatic carbocycles. The maximum absolute atomic E-state index is 13.0. The van der Waals surface area contributed by atoms with Crippen LogP contribution >= 0.6 is 0 Å². The first kappa shape index (κ1) is 14.7. The number of aryl methyl sites for hydroxylation is 1. The van der Waals surface area contributed by atoms with Gasteiger partial charge >= 0.3 is 6.18 Å². The summed E-state index contributed by atoms with van der Waals surface area (Å²) in [6.07, 6.45) is -3.33. The van der Waals surface area contributed by atoms with Crippen LogP contribution in [-0.4, -0.2) is 15.7 Å². The van der Waals surface area contributed by atoms with Gasteiger partial charge in [0.25, 0.3) is 5.88 Å². The van der Waals surface area contributed by atoms with Gasteiger partial charge in [-0.05, 0) is 18.2 Å². The topological polar surface area (TPSA) is 96.2 Å². The predicted octanol–water partition coefficient (Wildman–Crippen LogP) is 1.91. The monoisotopic (exact) mass is 300 g/mol. The van der Waals surface area contributed by atoms with Gasteiger partial charge in [-0.3, -0.25) is 9.48 Å². The van der Waals surface area contributed by atoms with E-state index in [1.54, 1.807) is 7.05 Å². The molecule has 0 aliphatic heterocycles.